The fourth-order valence-corrected chi connectivity index (χ4v) is 3.93. The summed E-state index contributed by atoms with van der Waals surface area (Å²) >= 11 is 0. The van der Waals surface area contributed by atoms with Gasteiger partial charge < -0.3 is 15.0 Å². The van der Waals surface area contributed by atoms with E-state index in [9.17, 15) is 35.5 Å². The zero-order valence-electron chi connectivity index (χ0n) is 18.3. The average molecular weight is 492 g/mol. The van der Waals surface area contributed by atoms with E-state index in [4.69, 9.17) is 4.74 Å². The van der Waals surface area contributed by atoms with Gasteiger partial charge in [-0.2, -0.15) is 26.3 Å². The Balaban J connectivity index is 1.91. The number of benzene rings is 2. The number of halogens is 7. The van der Waals surface area contributed by atoms with Crippen molar-refractivity contribution in [3.8, 4) is 0 Å². The van der Waals surface area contributed by atoms with Gasteiger partial charge in [-0.1, -0.05) is 12.1 Å². The zero-order chi connectivity index (χ0) is 25.3. The second-order valence-electron chi connectivity index (χ2n) is 8.05. The highest BCUT2D eigenvalue weighted by Gasteiger charge is 2.40. The third kappa shape index (κ3) is 5.99. The van der Waals surface area contributed by atoms with Crippen LogP contribution in [-0.2, 0) is 17.1 Å². The fourth-order valence-electron chi connectivity index (χ4n) is 3.93. The van der Waals surface area contributed by atoms with Gasteiger partial charge in [0, 0.05) is 25.6 Å². The lowest BCUT2D eigenvalue weighted by atomic mass is 9.95. The maximum atomic E-state index is 13.4. The Morgan fingerprint density at radius 2 is 1.59 bits per heavy atom. The molecule has 2 aromatic carbocycles. The van der Waals surface area contributed by atoms with Crippen LogP contribution in [-0.4, -0.2) is 36.7 Å². The molecule has 11 heteroatoms. The molecule has 0 aliphatic carbocycles. The Hall–Kier alpha value is -2.82. The fraction of sp³-hybridized carbons (Fsp3) is 0.435. The number of nitrogens with one attached hydrogen (secondary N) is 1. The number of carbonyl (C=O) groups excluding carboxylic acids is 1. The van der Waals surface area contributed by atoms with Gasteiger partial charge in [-0.15, -0.1) is 0 Å². The Bertz CT molecular complexity index is 974. The summed E-state index contributed by atoms with van der Waals surface area (Å²) in [5, 5.41) is 2.64. The minimum Gasteiger partial charge on any atom is -0.368 e. The maximum absolute atomic E-state index is 13.4. The van der Waals surface area contributed by atoms with Crippen molar-refractivity contribution in [2.45, 2.75) is 44.3 Å². The summed E-state index contributed by atoms with van der Waals surface area (Å²) in [5.74, 6) is -0.935. The third-order valence-electron chi connectivity index (χ3n) is 5.64. The van der Waals surface area contributed by atoms with E-state index in [0.29, 0.717) is 24.2 Å². The minimum absolute atomic E-state index is 0.0588. The van der Waals surface area contributed by atoms with Crippen molar-refractivity contribution in [1.29, 1.82) is 0 Å². The summed E-state index contributed by atoms with van der Waals surface area (Å²) < 4.78 is 98.8. The van der Waals surface area contributed by atoms with Crippen LogP contribution in [0.2, 0.25) is 0 Å². The lowest BCUT2D eigenvalue weighted by molar-refractivity contribution is -0.143. The Labute approximate surface area is 191 Å². The zero-order valence-corrected chi connectivity index (χ0v) is 18.3. The number of hydrogen-bond donors (Lipinski definition) is 1. The molecule has 4 nitrogen and oxygen atoms in total. The highest BCUT2D eigenvalue weighted by atomic mass is 19.4. The molecule has 1 heterocycles. The van der Waals surface area contributed by atoms with E-state index in [0.717, 1.165) is 0 Å². The standard InChI is InChI=1S/C23H23F7N2O2/c1-3-31-21(33)32-11-19(14-4-6-18(24)7-5-14)20(12-32)34-13(2)15-8-16(22(25,26)27)10-17(9-15)23(28,29)30/h4-10,13,19-20H,3,11-12H2,1-2H3,(H,31,33)/t13-,19+,20-/m1/s1. The van der Waals surface area contributed by atoms with Crippen molar-refractivity contribution in [2.24, 2.45) is 0 Å². The molecule has 0 unspecified atom stereocenters. The molecular weight excluding hydrogens is 469 g/mol. The average Bonchev–Trinajstić information content (AvgIpc) is 3.16. The molecule has 1 aliphatic rings. The number of amides is 2. The van der Waals surface area contributed by atoms with Crippen molar-refractivity contribution in [2.75, 3.05) is 19.6 Å². The highest BCUT2D eigenvalue weighted by Crippen LogP contribution is 2.39. The highest BCUT2D eigenvalue weighted by molar-refractivity contribution is 5.74. The topological polar surface area (TPSA) is 41.6 Å². The summed E-state index contributed by atoms with van der Waals surface area (Å²) in [4.78, 5) is 13.8. The van der Waals surface area contributed by atoms with Gasteiger partial charge in [0.05, 0.1) is 23.3 Å². The molecule has 0 aromatic heterocycles. The smallest absolute Gasteiger partial charge is 0.368 e. The van der Waals surface area contributed by atoms with Gasteiger partial charge in [-0.25, -0.2) is 9.18 Å². The SMILES string of the molecule is CCNC(=O)N1C[C@@H](O[C@H](C)c2cc(C(F)(F)F)cc(C(F)(F)F)c2)[C@H](c2ccc(F)cc2)C1. The number of carbonyl (C=O) groups is 1. The predicted molar refractivity (Wildman–Crippen MR) is 110 cm³/mol. The monoisotopic (exact) mass is 492 g/mol. The van der Waals surface area contributed by atoms with Gasteiger partial charge in [-0.3, -0.25) is 0 Å². The van der Waals surface area contributed by atoms with E-state index in [1.165, 1.54) is 36.1 Å². The molecule has 0 bridgehead atoms. The Morgan fingerprint density at radius 3 is 2.09 bits per heavy atom. The van der Waals surface area contributed by atoms with Crippen LogP contribution in [0.15, 0.2) is 42.5 Å². The lowest BCUT2D eigenvalue weighted by Crippen LogP contribution is -2.39. The second-order valence-corrected chi connectivity index (χ2v) is 8.05. The molecule has 186 valence electrons. The van der Waals surface area contributed by atoms with E-state index in [1.807, 2.05) is 0 Å². The number of rotatable bonds is 5. The summed E-state index contributed by atoms with van der Waals surface area (Å²) in [6, 6.07) is 6.41. The van der Waals surface area contributed by atoms with Gasteiger partial charge in [-0.05, 0) is 55.3 Å². The van der Waals surface area contributed by atoms with E-state index in [-0.39, 0.29) is 30.8 Å². The quantitative estimate of drug-likeness (QED) is 0.510. The Morgan fingerprint density at radius 1 is 1.03 bits per heavy atom. The predicted octanol–water partition coefficient (Wildman–Crippen LogP) is 6.14. The van der Waals surface area contributed by atoms with Gasteiger partial charge in [0.1, 0.15) is 5.82 Å². The summed E-state index contributed by atoms with van der Waals surface area (Å²) in [5.41, 5.74) is -2.53. The summed E-state index contributed by atoms with van der Waals surface area (Å²) in [7, 11) is 0. The van der Waals surface area contributed by atoms with Crippen LogP contribution in [0.1, 0.15) is 48.1 Å². The van der Waals surface area contributed by atoms with Crippen LogP contribution in [0.4, 0.5) is 35.5 Å². The summed E-state index contributed by atoms with van der Waals surface area (Å²) in [6.45, 7) is 3.69. The first-order valence-electron chi connectivity index (χ1n) is 10.5. The van der Waals surface area contributed by atoms with Crippen LogP contribution in [0, 0.1) is 5.82 Å². The molecule has 2 aromatic rings. The van der Waals surface area contributed by atoms with Gasteiger partial charge in [0.25, 0.3) is 0 Å². The largest absolute Gasteiger partial charge is 0.416 e. The molecule has 1 N–H and O–H groups in total. The molecule has 1 fully saturated rings. The molecule has 1 saturated heterocycles. The van der Waals surface area contributed by atoms with Gasteiger partial charge in [0.2, 0.25) is 0 Å². The molecule has 34 heavy (non-hydrogen) atoms. The number of nitrogens with zero attached hydrogens (tertiary/aromatic N) is 1. The number of hydrogen-bond acceptors (Lipinski definition) is 2. The Kier molecular flexibility index (Phi) is 7.44. The van der Waals surface area contributed by atoms with E-state index >= 15 is 0 Å². The second kappa shape index (κ2) is 9.81. The maximum Gasteiger partial charge on any atom is 0.416 e. The molecule has 2 amide bonds. The van der Waals surface area contributed by atoms with Gasteiger partial charge in [0.15, 0.2) is 0 Å². The first-order chi connectivity index (χ1) is 15.8. The molecule has 3 rings (SSSR count). The third-order valence-corrected chi connectivity index (χ3v) is 5.64. The van der Waals surface area contributed by atoms with Crippen molar-refractivity contribution in [1.82, 2.24) is 10.2 Å². The van der Waals surface area contributed by atoms with Crippen molar-refractivity contribution in [3.05, 3.63) is 70.5 Å². The number of likely N-dealkylation sites (tertiary alicyclic amines) is 1. The first kappa shape index (κ1) is 25.8. The lowest BCUT2D eigenvalue weighted by Gasteiger charge is -2.25. The normalized spacial score (nSPS) is 19.9. The number of ether oxygens (including phenoxy) is 1. The van der Waals surface area contributed by atoms with E-state index in [1.54, 1.807) is 6.92 Å². The first-order valence-corrected chi connectivity index (χ1v) is 10.5. The molecular formula is C23H23F7N2O2. The van der Waals surface area contributed by atoms with Crippen LogP contribution >= 0.6 is 0 Å². The van der Waals surface area contributed by atoms with E-state index < -0.39 is 47.4 Å². The van der Waals surface area contributed by atoms with Crippen LogP contribution in [0.25, 0.3) is 0 Å². The molecule has 0 radical (unpaired) electrons. The molecule has 1 aliphatic heterocycles. The number of alkyl halides is 6. The van der Waals surface area contributed by atoms with Crippen LogP contribution < -0.4 is 5.32 Å². The van der Waals surface area contributed by atoms with Crippen molar-refractivity contribution >= 4 is 6.03 Å². The molecule has 3 atom stereocenters. The van der Waals surface area contributed by atoms with Crippen LogP contribution in [0.5, 0.6) is 0 Å². The van der Waals surface area contributed by atoms with Crippen molar-refractivity contribution < 1.29 is 40.3 Å². The molecule has 0 spiro atoms. The van der Waals surface area contributed by atoms with Gasteiger partial charge >= 0.3 is 18.4 Å². The minimum atomic E-state index is -4.98. The van der Waals surface area contributed by atoms with E-state index in [2.05, 4.69) is 5.32 Å². The van der Waals surface area contributed by atoms with Crippen molar-refractivity contribution in [3.63, 3.8) is 0 Å². The van der Waals surface area contributed by atoms with Crippen LogP contribution in [0.3, 0.4) is 0 Å². The number of urea groups is 1. The molecule has 0 saturated carbocycles. The summed E-state index contributed by atoms with van der Waals surface area (Å²) in [6.07, 6.45) is -11.8.